The highest BCUT2D eigenvalue weighted by molar-refractivity contribution is 6.30. The first-order valence-electron chi connectivity index (χ1n) is 13.2. The average Bonchev–Trinajstić information content (AvgIpc) is 3.48. The van der Waals surface area contributed by atoms with Gasteiger partial charge in [-0.1, -0.05) is 22.8 Å². The highest BCUT2D eigenvalue weighted by Crippen LogP contribution is 2.41. The van der Waals surface area contributed by atoms with E-state index in [4.69, 9.17) is 30.6 Å². The van der Waals surface area contributed by atoms with E-state index >= 15 is 0 Å². The van der Waals surface area contributed by atoms with Crippen LogP contribution in [0.15, 0.2) is 40.9 Å². The molecule has 2 fully saturated rings. The van der Waals surface area contributed by atoms with Gasteiger partial charge in [-0.05, 0) is 75.4 Å². The molecule has 6 rings (SSSR count). The minimum absolute atomic E-state index is 0.00493. The molecule has 2 aliphatic rings. The molecule has 2 aromatic carbocycles. The van der Waals surface area contributed by atoms with Gasteiger partial charge in [0.25, 0.3) is 0 Å². The van der Waals surface area contributed by atoms with Crippen molar-refractivity contribution in [3.05, 3.63) is 64.5 Å². The number of aromatic nitrogens is 3. The Labute approximate surface area is 230 Å². The Hall–Kier alpha value is -3.43. The van der Waals surface area contributed by atoms with Crippen LogP contribution in [0.1, 0.15) is 61.5 Å². The van der Waals surface area contributed by atoms with E-state index in [1.165, 1.54) is 17.0 Å². The molecule has 4 aromatic rings. The lowest BCUT2D eigenvalue weighted by atomic mass is 9.92. The second kappa shape index (κ2) is 10.3. The molecule has 2 aromatic heterocycles. The lowest BCUT2D eigenvalue weighted by Gasteiger charge is -2.37. The van der Waals surface area contributed by atoms with Crippen LogP contribution in [-0.4, -0.2) is 40.6 Å². The van der Waals surface area contributed by atoms with Gasteiger partial charge >= 0.3 is 6.09 Å². The second-order valence-electron chi connectivity index (χ2n) is 10.3. The van der Waals surface area contributed by atoms with E-state index in [-0.39, 0.29) is 23.8 Å². The van der Waals surface area contributed by atoms with Gasteiger partial charge in [-0.25, -0.2) is 14.2 Å². The number of hydrogen-bond donors (Lipinski definition) is 0. The first kappa shape index (κ1) is 25.8. The number of carbonyl (C=O) groups is 1. The molecule has 0 radical (unpaired) electrons. The van der Waals surface area contributed by atoms with Gasteiger partial charge in [-0.2, -0.15) is 0 Å². The Morgan fingerprint density at radius 3 is 2.56 bits per heavy atom. The van der Waals surface area contributed by atoms with Crippen molar-refractivity contribution in [2.24, 2.45) is 0 Å². The molecule has 8 nitrogen and oxygen atoms in total. The third-order valence-corrected chi connectivity index (χ3v) is 8.29. The number of aryl methyl sites for hydroxylation is 2. The zero-order chi connectivity index (χ0) is 27.3. The SMILES string of the molecule is CO[C@H]1CC[C@H](n2c(C3CCOC(=O)N3c3ccc(Cl)c(F)c3)nc3cc(-c4c(C)noc4C)ccc32)CC1. The summed E-state index contributed by atoms with van der Waals surface area (Å²) in [5.41, 5.74) is 4.92. The van der Waals surface area contributed by atoms with E-state index in [2.05, 4.69) is 27.9 Å². The Morgan fingerprint density at radius 1 is 1.08 bits per heavy atom. The summed E-state index contributed by atoms with van der Waals surface area (Å²) in [6.07, 6.45) is 3.95. The number of fused-ring (bicyclic) bond motifs is 1. The number of methoxy groups -OCH3 is 1. The fourth-order valence-electron chi connectivity index (χ4n) is 6.07. The fraction of sp³-hybridized carbons (Fsp3) is 0.414. The summed E-state index contributed by atoms with van der Waals surface area (Å²) in [6.45, 7) is 4.07. The van der Waals surface area contributed by atoms with Crippen molar-refractivity contribution < 1.29 is 23.2 Å². The third kappa shape index (κ3) is 4.57. The predicted molar refractivity (Wildman–Crippen MR) is 146 cm³/mol. The summed E-state index contributed by atoms with van der Waals surface area (Å²) < 4.78 is 33.2. The van der Waals surface area contributed by atoms with E-state index in [1.807, 2.05) is 13.8 Å². The molecule has 1 aliphatic carbocycles. The van der Waals surface area contributed by atoms with Gasteiger partial charge in [0.1, 0.15) is 23.4 Å². The predicted octanol–water partition coefficient (Wildman–Crippen LogP) is 7.32. The number of amides is 1. The molecule has 1 amide bonds. The molecule has 0 bridgehead atoms. The quantitative estimate of drug-likeness (QED) is 0.258. The molecule has 204 valence electrons. The van der Waals surface area contributed by atoms with Gasteiger partial charge in [0.2, 0.25) is 0 Å². The normalized spacial score (nSPS) is 21.9. The van der Waals surface area contributed by atoms with E-state index < -0.39 is 18.0 Å². The molecule has 1 atom stereocenters. The summed E-state index contributed by atoms with van der Waals surface area (Å²) in [4.78, 5) is 19.8. The highest BCUT2D eigenvalue weighted by atomic mass is 35.5. The zero-order valence-electron chi connectivity index (χ0n) is 22.1. The number of benzene rings is 2. The van der Waals surface area contributed by atoms with Gasteiger partial charge in [-0.3, -0.25) is 4.90 Å². The van der Waals surface area contributed by atoms with Crippen molar-refractivity contribution in [1.82, 2.24) is 14.7 Å². The number of cyclic esters (lactones) is 1. The number of hydrogen-bond acceptors (Lipinski definition) is 6. The van der Waals surface area contributed by atoms with Crippen molar-refractivity contribution >= 4 is 34.4 Å². The Balaban J connectivity index is 1.50. The summed E-state index contributed by atoms with van der Waals surface area (Å²) in [5, 5.41) is 4.11. The van der Waals surface area contributed by atoms with Crippen LogP contribution in [0, 0.1) is 19.7 Å². The van der Waals surface area contributed by atoms with E-state index in [1.54, 1.807) is 13.2 Å². The van der Waals surface area contributed by atoms with Crippen LogP contribution >= 0.6 is 11.6 Å². The average molecular weight is 553 g/mol. The van der Waals surface area contributed by atoms with Crippen LogP contribution in [0.2, 0.25) is 5.02 Å². The molecule has 1 unspecified atom stereocenters. The van der Waals surface area contributed by atoms with Crippen molar-refractivity contribution in [2.75, 3.05) is 18.6 Å². The van der Waals surface area contributed by atoms with Crippen LogP contribution in [0.4, 0.5) is 14.9 Å². The van der Waals surface area contributed by atoms with Crippen LogP contribution < -0.4 is 4.90 Å². The maximum atomic E-state index is 14.5. The largest absolute Gasteiger partial charge is 0.449 e. The number of anilines is 1. The minimum atomic E-state index is -0.596. The number of ether oxygens (including phenoxy) is 2. The summed E-state index contributed by atoms with van der Waals surface area (Å²) in [6, 6.07) is 10.3. The molecule has 3 heterocycles. The number of halogens is 2. The monoisotopic (exact) mass is 552 g/mol. The lowest BCUT2D eigenvalue weighted by molar-refractivity contribution is 0.0582. The first-order valence-corrected chi connectivity index (χ1v) is 13.6. The van der Waals surface area contributed by atoms with Crippen molar-refractivity contribution in [2.45, 2.75) is 64.1 Å². The number of carbonyl (C=O) groups excluding carboxylic acids is 1. The van der Waals surface area contributed by atoms with E-state index in [0.29, 0.717) is 12.1 Å². The second-order valence-corrected chi connectivity index (χ2v) is 10.7. The summed E-state index contributed by atoms with van der Waals surface area (Å²) >= 11 is 5.95. The minimum Gasteiger partial charge on any atom is -0.449 e. The fourth-order valence-corrected chi connectivity index (χ4v) is 6.19. The smallest absolute Gasteiger partial charge is 0.414 e. The van der Waals surface area contributed by atoms with E-state index in [9.17, 15) is 9.18 Å². The van der Waals surface area contributed by atoms with Crippen molar-refractivity contribution in [3.8, 4) is 11.1 Å². The molecular weight excluding hydrogens is 523 g/mol. The van der Waals surface area contributed by atoms with Crippen LogP contribution in [0.3, 0.4) is 0 Å². The number of imidazole rings is 1. The maximum absolute atomic E-state index is 14.5. The van der Waals surface area contributed by atoms with Gasteiger partial charge in [0.05, 0.1) is 40.1 Å². The Morgan fingerprint density at radius 2 is 1.87 bits per heavy atom. The Kier molecular flexibility index (Phi) is 6.81. The topological polar surface area (TPSA) is 82.6 Å². The standard InChI is InChI=1S/C29H30ClFN4O4/c1-16-27(17(2)39-33-16)18-4-11-25-24(14-18)32-28(34(25)19-5-8-21(37-3)9-6-19)26-12-13-38-29(36)35(26)20-7-10-22(30)23(31)15-20/h4,7,10-11,14-15,19,21,26H,5-6,8-9,12-13H2,1-3H3/t19-,21-,26?. The van der Waals surface area contributed by atoms with Gasteiger partial charge in [-0.15, -0.1) is 0 Å². The molecule has 1 saturated heterocycles. The van der Waals surface area contributed by atoms with Crippen LogP contribution in [0.5, 0.6) is 0 Å². The van der Waals surface area contributed by atoms with E-state index in [0.717, 1.165) is 65.1 Å². The van der Waals surface area contributed by atoms with Gasteiger partial charge < -0.3 is 18.6 Å². The lowest BCUT2D eigenvalue weighted by Crippen LogP contribution is -2.42. The number of rotatable bonds is 5. The molecule has 0 spiro atoms. The highest BCUT2D eigenvalue weighted by Gasteiger charge is 2.38. The van der Waals surface area contributed by atoms with Gasteiger partial charge in [0.15, 0.2) is 0 Å². The van der Waals surface area contributed by atoms with Crippen molar-refractivity contribution in [3.63, 3.8) is 0 Å². The third-order valence-electron chi connectivity index (χ3n) is 7.99. The summed E-state index contributed by atoms with van der Waals surface area (Å²) in [5.74, 6) is 0.908. The molecule has 39 heavy (non-hydrogen) atoms. The maximum Gasteiger partial charge on any atom is 0.414 e. The molecule has 1 aliphatic heterocycles. The summed E-state index contributed by atoms with van der Waals surface area (Å²) in [7, 11) is 1.76. The van der Waals surface area contributed by atoms with Crippen molar-refractivity contribution in [1.29, 1.82) is 0 Å². The molecular formula is C29H30ClFN4O4. The number of nitrogens with zero attached hydrogens (tertiary/aromatic N) is 4. The molecule has 10 heteroatoms. The zero-order valence-corrected chi connectivity index (χ0v) is 22.9. The molecule has 0 N–H and O–H groups in total. The van der Waals surface area contributed by atoms with Crippen LogP contribution in [0.25, 0.3) is 22.2 Å². The van der Waals surface area contributed by atoms with Gasteiger partial charge in [0, 0.05) is 25.1 Å². The molecule has 1 saturated carbocycles. The van der Waals surface area contributed by atoms with Crippen LogP contribution in [-0.2, 0) is 9.47 Å². The Bertz CT molecular complexity index is 1520. The first-order chi connectivity index (χ1) is 18.9.